The largest absolute Gasteiger partial charge is 0.336 e. The van der Waals surface area contributed by atoms with Crippen LogP contribution in [0.4, 0.5) is 11.5 Å². The molecule has 3 heterocycles. The Bertz CT molecular complexity index is 1310. The maximum atomic E-state index is 13.1. The van der Waals surface area contributed by atoms with Crippen molar-refractivity contribution in [2.75, 3.05) is 16.8 Å². The van der Waals surface area contributed by atoms with Gasteiger partial charge in [-0.1, -0.05) is 41.4 Å². The van der Waals surface area contributed by atoms with Crippen molar-refractivity contribution in [1.29, 1.82) is 0 Å². The molecule has 2 aromatic carbocycles. The highest BCUT2D eigenvalue weighted by molar-refractivity contribution is 6.32. The molecule has 5 rings (SSSR count). The van der Waals surface area contributed by atoms with Gasteiger partial charge < -0.3 is 16.0 Å². The number of hydrogen-bond donors (Lipinski definition) is 3. The molecule has 0 aliphatic carbocycles. The molecule has 2 aliphatic rings. The van der Waals surface area contributed by atoms with Crippen molar-refractivity contribution in [3.8, 4) is 0 Å². The van der Waals surface area contributed by atoms with Crippen LogP contribution in [0.1, 0.15) is 30.5 Å². The number of pyridine rings is 1. The highest BCUT2D eigenvalue weighted by atomic mass is 35.5. The molecule has 0 bridgehead atoms. The van der Waals surface area contributed by atoms with E-state index in [-0.39, 0.29) is 17.7 Å². The number of benzodiazepines with no additional fused rings is 1. The van der Waals surface area contributed by atoms with Gasteiger partial charge in [-0.15, -0.1) is 0 Å². The SMILES string of the molecule is CC1(C)NC(N)CN1c1ccc(C2=NC(Cc3ccccc3Cl)C(=O)Nc3ccc(Cl)cc32)cn1. The third-order valence-electron chi connectivity index (χ3n) is 6.34. The number of benzene rings is 2. The van der Waals surface area contributed by atoms with Gasteiger partial charge in [0.15, 0.2) is 0 Å². The zero-order chi connectivity index (χ0) is 24.7. The number of nitrogens with one attached hydrogen (secondary N) is 2. The number of nitrogens with zero attached hydrogens (tertiary/aromatic N) is 3. The Kier molecular flexibility index (Phi) is 6.27. The lowest BCUT2D eigenvalue weighted by Crippen LogP contribution is -2.48. The minimum atomic E-state index is -0.671. The third kappa shape index (κ3) is 4.77. The summed E-state index contributed by atoms with van der Waals surface area (Å²) in [5.41, 5.74) is 9.48. The Morgan fingerprint density at radius 1 is 1.14 bits per heavy atom. The fraction of sp³-hybridized carbons (Fsp3) is 0.269. The number of aliphatic imine (C=N–C) groups is 1. The van der Waals surface area contributed by atoms with E-state index in [1.165, 1.54) is 0 Å². The molecule has 4 N–H and O–H groups in total. The molecule has 1 saturated heterocycles. The standard InChI is InChI=1S/C26H26Cl2N6O/c1-26(2)33-22(29)14-34(26)23-10-7-16(13-30-23)24-18-12-17(27)8-9-20(18)32-25(35)21(31-24)11-15-5-3-4-6-19(15)28/h3-10,12-13,21-22,33H,11,14,29H2,1-2H3,(H,32,35). The third-order valence-corrected chi connectivity index (χ3v) is 6.95. The molecule has 7 nitrogen and oxygen atoms in total. The molecular weight excluding hydrogens is 483 g/mol. The molecule has 180 valence electrons. The second kappa shape index (κ2) is 9.24. The van der Waals surface area contributed by atoms with E-state index in [1.807, 2.05) is 42.5 Å². The number of fused-ring (bicyclic) bond motifs is 1. The Hall–Kier alpha value is -2.97. The molecule has 35 heavy (non-hydrogen) atoms. The topological polar surface area (TPSA) is 95.6 Å². The molecule has 2 atom stereocenters. The van der Waals surface area contributed by atoms with Crippen LogP contribution in [0.25, 0.3) is 0 Å². The first-order valence-electron chi connectivity index (χ1n) is 11.4. The van der Waals surface area contributed by atoms with Crippen LogP contribution in [0, 0.1) is 0 Å². The highest BCUT2D eigenvalue weighted by Crippen LogP contribution is 2.30. The first kappa shape index (κ1) is 23.8. The summed E-state index contributed by atoms with van der Waals surface area (Å²) < 4.78 is 0. The molecular formula is C26H26Cl2N6O. The summed E-state index contributed by atoms with van der Waals surface area (Å²) in [6, 6.07) is 16.1. The molecule has 1 fully saturated rings. The Labute approximate surface area is 214 Å². The predicted octanol–water partition coefficient (Wildman–Crippen LogP) is 4.22. The van der Waals surface area contributed by atoms with Crippen LogP contribution >= 0.6 is 23.2 Å². The lowest BCUT2D eigenvalue weighted by Gasteiger charge is -2.32. The summed E-state index contributed by atoms with van der Waals surface area (Å²) in [6.07, 6.45) is 2.02. The second-order valence-corrected chi connectivity index (χ2v) is 10.1. The smallest absolute Gasteiger partial charge is 0.249 e. The number of nitrogens with two attached hydrogens (primary N) is 1. The van der Waals surface area contributed by atoms with E-state index in [0.717, 1.165) is 22.5 Å². The number of anilines is 2. The Morgan fingerprint density at radius 2 is 1.94 bits per heavy atom. The van der Waals surface area contributed by atoms with E-state index < -0.39 is 6.04 Å². The number of aromatic nitrogens is 1. The minimum Gasteiger partial charge on any atom is -0.336 e. The summed E-state index contributed by atoms with van der Waals surface area (Å²) in [4.78, 5) is 24.9. The summed E-state index contributed by atoms with van der Waals surface area (Å²) in [5, 5.41) is 7.52. The van der Waals surface area contributed by atoms with Crippen molar-refractivity contribution in [1.82, 2.24) is 10.3 Å². The predicted molar refractivity (Wildman–Crippen MR) is 141 cm³/mol. The maximum Gasteiger partial charge on any atom is 0.249 e. The van der Waals surface area contributed by atoms with Crippen LogP contribution in [0.15, 0.2) is 65.8 Å². The highest BCUT2D eigenvalue weighted by Gasteiger charge is 2.37. The number of halogens is 2. The van der Waals surface area contributed by atoms with Crippen LogP contribution in [0.2, 0.25) is 10.0 Å². The van der Waals surface area contributed by atoms with Crippen molar-refractivity contribution in [2.24, 2.45) is 10.7 Å². The van der Waals surface area contributed by atoms with Crippen molar-refractivity contribution in [3.63, 3.8) is 0 Å². The second-order valence-electron chi connectivity index (χ2n) is 9.29. The number of amides is 1. The van der Waals surface area contributed by atoms with Gasteiger partial charge in [0, 0.05) is 40.3 Å². The van der Waals surface area contributed by atoms with Gasteiger partial charge in [0.05, 0.1) is 23.2 Å². The zero-order valence-corrected chi connectivity index (χ0v) is 20.9. The monoisotopic (exact) mass is 508 g/mol. The van der Waals surface area contributed by atoms with Crippen LogP contribution in [0.5, 0.6) is 0 Å². The fourth-order valence-corrected chi connectivity index (χ4v) is 5.01. The summed E-state index contributed by atoms with van der Waals surface area (Å²) >= 11 is 12.7. The van der Waals surface area contributed by atoms with Crippen LogP contribution < -0.4 is 21.3 Å². The van der Waals surface area contributed by atoms with E-state index >= 15 is 0 Å². The average molecular weight is 509 g/mol. The zero-order valence-electron chi connectivity index (χ0n) is 19.4. The molecule has 0 spiro atoms. The molecule has 9 heteroatoms. The van der Waals surface area contributed by atoms with Gasteiger partial charge in [0.2, 0.25) is 5.91 Å². The summed E-state index contributed by atoms with van der Waals surface area (Å²) in [5.74, 6) is 0.605. The molecule has 1 aromatic heterocycles. The minimum absolute atomic E-state index is 0.130. The van der Waals surface area contributed by atoms with Crippen LogP contribution in [-0.2, 0) is 11.2 Å². The van der Waals surface area contributed by atoms with E-state index in [0.29, 0.717) is 34.4 Å². The molecule has 3 aromatic rings. The first-order chi connectivity index (χ1) is 16.7. The number of rotatable bonds is 4. The quantitative estimate of drug-likeness (QED) is 0.490. The van der Waals surface area contributed by atoms with Gasteiger partial charge in [-0.05, 0) is 55.8 Å². The van der Waals surface area contributed by atoms with E-state index in [1.54, 1.807) is 18.3 Å². The molecule has 1 amide bonds. The van der Waals surface area contributed by atoms with Crippen molar-refractivity contribution >= 4 is 46.3 Å². The van der Waals surface area contributed by atoms with E-state index in [2.05, 4.69) is 29.4 Å². The Balaban J connectivity index is 1.55. The van der Waals surface area contributed by atoms with Gasteiger partial charge in [-0.3, -0.25) is 15.1 Å². The first-order valence-corrected chi connectivity index (χ1v) is 12.2. The van der Waals surface area contributed by atoms with Gasteiger partial charge >= 0.3 is 0 Å². The van der Waals surface area contributed by atoms with Crippen LogP contribution in [0.3, 0.4) is 0 Å². The van der Waals surface area contributed by atoms with Crippen molar-refractivity contribution in [2.45, 2.75) is 38.1 Å². The normalized spacial score (nSPS) is 21.2. The summed E-state index contributed by atoms with van der Waals surface area (Å²) in [7, 11) is 0. The molecule has 0 radical (unpaired) electrons. The molecule has 0 saturated carbocycles. The van der Waals surface area contributed by atoms with Gasteiger partial charge in [-0.25, -0.2) is 4.98 Å². The molecule has 2 aliphatic heterocycles. The number of carbonyl (C=O) groups is 1. The fourth-order valence-electron chi connectivity index (χ4n) is 4.63. The lowest BCUT2D eigenvalue weighted by atomic mass is 10.0. The van der Waals surface area contributed by atoms with Gasteiger partial charge in [0.25, 0.3) is 0 Å². The summed E-state index contributed by atoms with van der Waals surface area (Å²) in [6.45, 7) is 4.79. The van der Waals surface area contributed by atoms with Gasteiger partial charge in [0.1, 0.15) is 11.9 Å². The molecule has 2 unspecified atom stereocenters. The Morgan fingerprint density at radius 3 is 2.63 bits per heavy atom. The van der Waals surface area contributed by atoms with Crippen molar-refractivity contribution in [3.05, 3.63) is 87.5 Å². The van der Waals surface area contributed by atoms with E-state index in [9.17, 15) is 4.79 Å². The number of hydrogen-bond acceptors (Lipinski definition) is 6. The maximum absolute atomic E-state index is 13.1. The van der Waals surface area contributed by atoms with Crippen LogP contribution in [-0.4, -0.2) is 41.0 Å². The van der Waals surface area contributed by atoms with E-state index in [4.69, 9.17) is 38.9 Å². The number of carbonyl (C=O) groups excluding carboxylic acids is 1. The van der Waals surface area contributed by atoms with Gasteiger partial charge in [-0.2, -0.15) is 0 Å². The average Bonchev–Trinajstić information content (AvgIpc) is 3.02. The van der Waals surface area contributed by atoms with Crippen molar-refractivity contribution < 1.29 is 4.79 Å². The lowest BCUT2D eigenvalue weighted by molar-refractivity contribution is -0.117.